The molecule has 2 aromatic rings. The van der Waals surface area contributed by atoms with E-state index >= 15 is 0 Å². The Morgan fingerprint density at radius 1 is 0.968 bits per heavy atom. The predicted molar refractivity (Wildman–Crippen MR) is 115 cm³/mol. The molecule has 0 aliphatic carbocycles. The van der Waals surface area contributed by atoms with E-state index in [1.54, 1.807) is 18.2 Å². The lowest BCUT2D eigenvalue weighted by atomic mass is 10.1. The van der Waals surface area contributed by atoms with E-state index in [1.807, 2.05) is 18.2 Å². The smallest absolute Gasteiger partial charge is 0.313 e. The van der Waals surface area contributed by atoms with Gasteiger partial charge in [0.05, 0.1) is 12.7 Å². The molecular formula is C23H27N3O5. The molecule has 0 bridgehead atoms. The quantitative estimate of drug-likeness (QED) is 0.544. The lowest BCUT2D eigenvalue weighted by molar-refractivity contribution is -0.136. The number of morpholine rings is 1. The van der Waals surface area contributed by atoms with Crippen LogP contribution in [0.4, 0.5) is 5.69 Å². The Morgan fingerprint density at radius 3 is 2.61 bits per heavy atom. The Bertz CT molecular complexity index is 905. The first-order valence-electron chi connectivity index (χ1n) is 10.6. The molecule has 1 fully saturated rings. The Balaban J connectivity index is 1.17. The van der Waals surface area contributed by atoms with Crippen molar-refractivity contribution in [1.82, 2.24) is 10.2 Å². The fourth-order valence-electron chi connectivity index (χ4n) is 3.67. The summed E-state index contributed by atoms with van der Waals surface area (Å²) in [6.45, 7) is 4.59. The van der Waals surface area contributed by atoms with Crippen molar-refractivity contribution in [3.8, 4) is 11.5 Å². The van der Waals surface area contributed by atoms with Crippen LogP contribution in [-0.4, -0.2) is 62.7 Å². The van der Waals surface area contributed by atoms with E-state index in [2.05, 4.69) is 27.7 Å². The first-order chi connectivity index (χ1) is 15.2. The molecule has 2 amide bonds. The molecule has 164 valence electrons. The molecule has 1 saturated heterocycles. The van der Waals surface area contributed by atoms with Gasteiger partial charge in [0.2, 0.25) is 0 Å². The van der Waals surface area contributed by atoms with Gasteiger partial charge in [-0.2, -0.15) is 0 Å². The molecule has 2 aromatic carbocycles. The van der Waals surface area contributed by atoms with Crippen molar-refractivity contribution in [2.45, 2.75) is 12.5 Å². The predicted octanol–water partition coefficient (Wildman–Crippen LogP) is 1.98. The molecule has 0 radical (unpaired) electrons. The molecule has 1 atom stereocenters. The lowest BCUT2D eigenvalue weighted by Crippen LogP contribution is -2.41. The van der Waals surface area contributed by atoms with Gasteiger partial charge in [0.15, 0.2) is 11.5 Å². The first-order valence-corrected chi connectivity index (χ1v) is 10.6. The van der Waals surface area contributed by atoms with Gasteiger partial charge in [0.1, 0.15) is 13.2 Å². The number of nitrogens with one attached hydrogen (secondary N) is 2. The zero-order chi connectivity index (χ0) is 21.5. The summed E-state index contributed by atoms with van der Waals surface area (Å²) in [6, 6.07) is 15.2. The number of rotatable bonds is 6. The highest BCUT2D eigenvalue weighted by molar-refractivity contribution is 6.39. The van der Waals surface area contributed by atoms with Crippen molar-refractivity contribution in [3.05, 3.63) is 54.1 Å². The molecule has 4 rings (SSSR count). The van der Waals surface area contributed by atoms with Crippen molar-refractivity contribution in [1.29, 1.82) is 0 Å². The van der Waals surface area contributed by atoms with Crippen LogP contribution in [0.15, 0.2) is 48.5 Å². The number of carbonyl (C=O) groups excluding carboxylic acids is 2. The number of hydrogen-bond acceptors (Lipinski definition) is 6. The number of ether oxygens (including phenoxy) is 3. The number of hydrogen-bond donors (Lipinski definition) is 2. The van der Waals surface area contributed by atoms with Crippen molar-refractivity contribution in [2.24, 2.45) is 0 Å². The second-order valence-electron chi connectivity index (χ2n) is 7.49. The highest BCUT2D eigenvalue weighted by Crippen LogP contribution is 2.32. The van der Waals surface area contributed by atoms with Gasteiger partial charge in [-0.1, -0.05) is 30.3 Å². The van der Waals surface area contributed by atoms with Crippen LogP contribution < -0.4 is 20.1 Å². The topological polar surface area (TPSA) is 89.1 Å². The average Bonchev–Trinajstić information content (AvgIpc) is 2.82. The number of carbonyl (C=O) groups is 2. The fourth-order valence-corrected chi connectivity index (χ4v) is 3.67. The van der Waals surface area contributed by atoms with Crippen molar-refractivity contribution < 1.29 is 23.8 Å². The van der Waals surface area contributed by atoms with E-state index in [0.29, 0.717) is 43.6 Å². The molecular weight excluding hydrogens is 398 g/mol. The van der Waals surface area contributed by atoms with Crippen LogP contribution in [0.3, 0.4) is 0 Å². The lowest BCUT2D eigenvalue weighted by Gasteiger charge is -2.33. The molecule has 2 heterocycles. The van der Waals surface area contributed by atoms with Crippen LogP contribution in [0.1, 0.15) is 18.1 Å². The maximum absolute atomic E-state index is 12.2. The van der Waals surface area contributed by atoms with Gasteiger partial charge in [-0.05, 0) is 24.1 Å². The van der Waals surface area contributed by atoms with E-state index < -0.39 is 11.8 Å². The molecule has 8 heteroatoms. The largest absolute Gasteiger partial charge is 0.486 e. The summed E-state index contributed by atoms with van der Waals surface area (Å²) >= 11 is 0. The summed E-state index contributed by atoms with van der Waals surface area (Å²) in [5.41, 5.74) is 1.67. The Kier molecular flexibility index (Phi) is 7.01. The van der Waals surface area contributed by atoms with Crippen LogP contribution in [-0.2, 0) is 14.3 Å². The van der Waals surface area contributed by atoms with Gasteiger partial charge in [-0.25, -0.2) is 0 Å². The van der Waals surface area contributed by atoms with Gasteiger partial charge in [0, 0.05) is 37.9 Å². The molecule has 2 N–H and O–H groups in total. The van der Waals surface area contributed by atoms with Crippen LogP contribution in [0.2, 0.25) is 0 Å². The zero-order valence-corrected chi connectivity index (χ0v) is 17.3. The minimum absolute atomic E-state index is 0.0707. The summed E-state index contributed by atoms with van der Waals surface area (Å²) in [7, 11) is 0. The standard InChI is InChI=1S/C23H27N3O5/c27-22(23(28)25-18-7-8-19-20(15-18)31-14-13-30-19)24-9-4-10-26-11-12-29-21(16-26)17-5-2-1-3-6-17/h1-3,5-8,15,21H,4,9-14,16H2,(H,24,27)(H,25,28)/t21-/m0/s1. The molecule has 8 nitrogen and oxygen atoms in total. The molecule has 0 saturated carbocycles. The summed E-state index contributed by atoms with van der Waals surface area (Å²) in [5.74, 6) is -0.165. The molecule has 31 heavy (non-hydrogen) atoms. The van der Waals surface area contributed by atoms with E-state index in [9.17, 15) is 9.59 Å². The number of amides is 2. The van der Waals surface area contributed by atoms with E-state index in [1.165, 1.54) is 5.56 Å². The molecule has 2 aliphatic heterocycles. The van der Waals surface area contributed by atoms with E-state index in [-0.39, 0.29) is 6.10 Å². The van der Waals surface area contributed by atoms with Gasteiger partial charge >= 0.3 is 11.8 Å². The summed E-state index contributed by atoms with van der Waals surface area (Å²) < 4.78 is 16.8. The van der Waals surface area contributed by atoms with Crippen LogP contribution in [0.5, 0.6) is 11.5 Å². The molecule has 0 unspecified atom stereocenters. The minimum Gasteiger partial charge on any atom is -0.486 e. The Hall–Kier alpha value is -3.10. The zero-order valence-electron chi connectivity index (χ0n) is 17.3. The number of benzene rings is 2. The van der Waals surface area contributed by atoms with Crippen molar-refractivity contribution in [3.63, 3.8) is 0 Å². The fraction of sp³-hybridized carbons (Fsp3) is 0.391. The van der Waals surface area contributed by atoms with Crippen molar-refractivity contribution in [2.75, 3.05) is 51.3 Å². The second-order valence-corrected chi connectivity index (χ2v) is 7.49. The molecule has 2 aliphatic rings. The third-order valence-corrected chi connectivity index (χ3v) is 5.26. The Labute approximate surface area is 181 Å². The Morgan fingerprint density at radius 2 is 1.77 bits per heavy atom. The first kappa shape index (κ1) is 21.1. The maximum Gasteiger partial charge on any atom is 0.313 e. The van der Waals surface area contributed by atoms with Gasteiger partial charge in [0.25, 0.3) is 0 Å². The minimum atomic E-state index is -0.702. The van der Waals surface area contributed by atoms with E-state index in [4.69, 9.17) is 14.2 Å². The highest BCUT2D eigenvalue weighted by atomic mass is 16.6. The second kappa shape index (κ2) is 10.3. The molecule has 0 aromatic heterocycles. The monoisotopic (exact) mass is 425 g/mol. The highest BCUT2D eigenvalue weighted by Gasteiger charge is 2.21. The van der Waals surface area contributed by atoms with Crippen LogP contribution in [0.25, 0.3) is 0 Å². The number of anilines is 1. The summed E-state index contributed by atoms with van der Waals surface area (Å²) in [5, 5.41) is 5.28. The number of fused-ring (bicyclic) bond motifs is 1. The van der Waals surface area contributed by atoms with Crippen LogP contribution >= 0.6 is 0 Å². The summed E-state index contributed by atoms with van der Waals surface area (Å²) in [4.78, 5) is 26.6. The van der Waals surface area contributed by atoms with Gasteiger partial charge < -0.3 is 24.8 Å². The third-order valence-electron chi connectivity index (χ3n) is 5.26. The van der Waals surface area contributed by atoms with E-state index in [0.717, 1.165) is 26.1 Å². The van der Waals surface area contributed by atoms with Gasteiger partial charge in [-0.15, -0.1) is 0 Å². The van der Waals surface area contributed by atoms with Crippen LogP contribution in [0, 0.1) is 0 Å². The SMILES string of the molecule is O=C(NCCCN1CCO[C@H](c2ccccc2)C1)C(=O)Nc1ccc2c(c1)OCCO2. The third kappa shape index (κ3) is 5.74. The number of nitrogens with zero attached hydrogens (tertiary/aromatic N) is 1. The molecule has 0 spiro atoms. The average molecular weight is 425 g/mol. The van der Waals surface area contributed by atoms with Gasteiger partial charge in [-0.3, -0.25) is 14.5 Å². The maximum atomic E-state index is 12.2. The normalized spacial score (nSPS) is 18.3. The van der Waals surface area contributed by atoms with Crippen molar-refractivity contribution >= 4 is 17.5 Å². The summed E-state index contributed by atoms with van der Waals surface area (Å²) in [6.07, 6.45) is 0.825.